The largest absolute Gasteiger partial charge is 0.490 e. The van der Waals surface area contributed by atoms with Gasteiger partial charge in [0.15, 0.2) is 18.0 Å². The smallest absolute Gasteiger partial charge is 0.326 e. The van der Waals surface area contributed by atoms with Gasteiger partial charge in [0.05, 0.1) is 24.6 Å². The topological polar surface area (TPSA) is 81.1 Å². The van der Waals surface area contributed by atoms with E-state index in [0.29, 0.717) is 36.4 Å². The first-order valence-corrected chi connectivity index (χ1v) is 10.9. The minimum atomic E-state index is -0.548. The monoisotopic (exact) mass is 418 g/mol. The van der Waals surface area contributed by atoms with Crippen molar-refractivity contribution in [3.8, 4) is 11.5 Å². The van der Waals surface area contributed by atoms with Crippen molar-refractivity contribution in [2.24, 2.45) is 0 Å². The van der Waals surface area contributed by atoms with Gasteiger partial charge in [-0.2, -0.15) is 0 Å². The van der Waals surface area contributed by atoms with Crippen molar-refractivity contribution in [1.82, 2.24) is 5.32 Å². The molecule has 29 heavy (non-hydrogen) atoms. The van der Waals surface area contributed by atoms with Gasteiger partial charge in [-0.3, -0.25) is 10.1 Å². The van der Waals surface area contributed by atoms with E-state index in [4.69, 9.17) is 9.47 Å². The van der Waals surface area contributed by atoms with Crippen LogP contribution in [-0.2, 0) is 4.79 Å². The Morgan fingerprint density at radius 2 is 1.97 bits per heavy atom. The summed E-state index contributed by atoms with van der Waals surface area (Å²) in [4.78, 5) is 27.2. The van der Waals surface area contributed by atoms with Crippen molar-refractivity contribution in [2.75, 3.05) is 31.6 Å². The van der Waals surface area contributed by atoms with Crippen LogP contribution in [-0.4, -0.2) is 38.2 Å². The fourth-order valence-electron chi connectivity index (χ4n) is 3.62. The number of hydrogen-bond donors (Lipinski definition) is 3. The third-order valence-corrected chi connectivity index (χ3v) is 5.80. The lowest BCUT2D eigenvalue weighted by molar-refractivity contribution is -0.910. The fraction of sp³-hybridized carbons (Fsp3) is 0.429. The van der Waals surface area contributed by atoms with Crippen LogP contribution in [0.25, 0.3) is 0 Å². The Labute approximate surface area is 175 Å². The van der Waals surface area contributed by atoms with E-state index in [2.05, 4.69) is 22.1 Å². The maximum atomic E-state index is 12.4. The summed E-state index contributed by atoms with van der Waals surface area (Å²) < 4.78 is 11.1. The van der Waals surface area contributed by atoms with Gasteiger partial charge in [0, 0.05) is 24.6 Å². The highest BCUT2D eigenvalue weighted by Crippen LogP contribution is 2.30. The molecule has 1 saturated heterocycles. The van der Waals surface area contributed by atoms with Crippen LogP contribution in [0.4, 0.5) is 10.5 Å². The third-order valence-electron chi connectivity index (χ3n) is 4.81. The molecule has 1 aromatic heterocycles. The van der Waals surface area contributed by atoms with Crippen LogP contribution in [0.5, 0.6) is 11.5 Å². The molecule has 1 aliphatic heterocycles. The van der Waals surface area contributed by atoms with Crippen LogP contribution in [0.3, 0.4) is 0 Å². The Balaban J connectivity index is 1.55. The Hall–Kier alpha value is -2.58. The predicted molar refractivity (Wildman–Crippen MR) is 113 cm³/mol. The number of quaternary nitrogens is 1. The molecule has 2 heterocycles. The Morgan fingerprint density at radius 1 is 1.17 bits per heavy atom. The molecular formula is C21H28N3O4S+. The number of imide groups is 1. The SMILES string of the molecule is CCOc1ccc(NC(=O)NC(=O)C[NH+]2CCC[C@H]2c2cccs2)cc1OCC. The van der Waals surface area contributed by atoms with Crippen molar-refractivity contribution in [2.45, 2.75) is 32.7 Å². The summed E-state index contributed by atoms with van der Waals surface area (Å²) in [5.74, 6) is 0.893. The summed E-state index contributed by atoms with van der Waals surface area (Å²) in [5.41, 5.74) is 0.534. The highest BCUT2D eigenvalue weighted by Gasteiger charge is 2.32. The maximum Gasteiger partial charge on any atom is 0.326 e. The van der Waals surface area contributed by atoms with E-state index in [9.17, 15) is 9.59 Å². The molecule has 3 rings (SSSR count). The summed E-state index contributed by atoms with van der Waals surface area (Å²) in [6.45, 7) is 6.00. The normalized spacial score (nSPS) is 18.3. The molecule has 0 radical (unpaired) electrons. The molecule has 0 bridgehead atoms. The lowest BCUT2D eigenvalue weighted by Gasteiger charge is -2.20. The first-order chi connectivity index (χ1) is 14.1. The number of nitrogens with one attached hydrogen (secondary N) is 3. The average molecular weight is 419 g/mol. The van der Waals surface area contributed by atoms with Crippen molar-refractivity contribution in [3.05, 3.63) is 40.6 Å². The Kier molecular flexibility index (Phi) is 7.48. The first-order valence-electron chi connectivity index (χ1n) is 9.99. The minimum absolute atomic E-state index is 0.281. The molecule has 3 N–H and O–H groups in total. The van der Waals surface area contributed by atoms with Crippen LogP contribution in [0.2, 0.25) is 0 Å². The lowest BCUT2D eigenvalue weighted by atomic mass is 10.2. The summed E-state index contributed by atoms with van der Waals surface area (Å²) in [5, 5.41) is 7.19. The van der Waals surface area contributed by atoms with Gasteiger partial charge in [0.2, 0.25) is 0 Å². The second-order valence-corrected chi connectivity index (χ2v) is 7.80. The number of rotatable bonds is 8. The van der Waals surface area contributed by atoms with Crippen LogP contribution < -0.4 is 25.0 Å². The molecule has 2 atom stereocenters. The number of carbonyl (C=O) groups is 2. The molecule has 0 spiro atoms. The zero-order chi connectivity index (χ0) is 20.6. The van der Waals surface area contributed by atoms with Gasteiger partial charge in [-0.1, -0.05) is 6.07 Å². The molecule has 1 fully saturated rings. The van der Waals surface area contributed by atoms with Crippen molar-refractivity contribution >= 4 is 29.0 Å². The van der Waals surface area contributed by atoms with E-state index in [0.717, 1.165) is 19.4 Å². The number of anilines is 1. The predicted octanol–water partition coefficient (Wildman–Crippen LogP) is 2.61. The summed E-state index contributed by atoms with van der Waals surface area (Å²) >= 11 is 1.72. The van der Waals surface area contributed by atoms with Crippen molar-refractivity contribution in [1.29, 1.82) is 0 Å². The van der Waals surface area contributed by atoms with Gasteiger partial charge < -0.3 is 19.7 Å². The van der Waals surface area contributed by atoms with Gasteiger partial charge in [0.1, 0.15) is 6.04 Å². The molecule has 2 aromatic rings. The highest BCUT2D eigenvalue weighted by atomic mass is 32.1. The molecule has 0 aliphatic carbocycles. The highest BCUT2D eigenvalue weighted by molar-refractivity contribution is 7.10. The van der Waals surface area contributed by atoms with E-state index in [-0.39, 0.29) is 12.5 Å². The molecule has 1 unspecified atom stereocenters. The van der Waals surface area contributed by atoms with E-state index in [1.54, 1.807) is 29.5 Å². The quantitative estimate of drug-likeness (QED) is 0.616. The number of amides is 3. The van der Waals surface area contributed by atoms with E-state index in [1.807, 2.05) is 19.9 Å². The standard InChI is InChI=1S/C21H27N3O4S/c1-3-27-17-10-9-15(13-18(17)28-4-2)22-21(26)23-20(25)14-24-11-5-7-16(24)19-8-6-12-29-19/h6,8-10,12-13,16H,3-5,7,11,14H2,1-2H3,(H2,22,23,25,26)/p+1/t16-/m0/s1. The van der Waals surface area contributed by atoms with E-state index >= 15 is 0 Å². The Morgan fingerprint density at radius 3 is 2.69 bits per heavy atom. The van der Waals surface area contributed by atoms with Crippen LogP contribution in [0.1, 0.15) is 37.6 Å². The zero-order valence-electron chi connectivity index (χ0n) is 16.8. The maximum absolute atomic E-state index is 12.4. The molecule has 8 heteroatoms. The summed E-state index contributed by atoms with van der Waals surface area (Å²) in [6, 6.07) is 9.10. The first kappa shape index (κ1) is 21.1. The number of likely N-dealkylation sites (tertiary alicyclic amines) is 1. The summed E-state index contributed by atoms with van der Waals surface area (Å²) in [7, 11) is 0. The lowest BCUT2D eigenvalue weighted by Crippen LogP contribution is -3.11. The molecular weight excluding hydrogens is 390 g/mol. The molecule has 1 aliphatic rings. The second-order valence-electron chi connectivity index (χ2n) is 6.83. The van der Waals surface area contributed by atoms with Crippen LogP contribution in [0.15, 0.2) is 35.7 Å². The Bertz CT molecular complexity index is 825. The third kappa shape index (κ3) is 5.71. The second kappa shape index (κ2) is 10.3. The molecule has 3 amide bonds. The van der Waals surface area contributed by atoms with Gasteiger partial charge >= 0.3 is 6.03 Å². The van der Waals surface area contributed by atoms with Gasteiger partial charge in [0.25, 0.3) is 5.91 Å². The zero-order valence-corrected chi connectivity index (χ0v) is 17.6. The van der Waals surface area contributed by atoms with Crippen molar-refractivity contribution in [3.63, 3.8) is 0 Å². The number of thiophene rings is 1. The molecule has 156 valence electrons. The number of carbonyl (C=O) groups excluding carboxylic acids is 2. The molecule has 1 aromatic carbocycles. The van der Waals surface area contributed by atoms with Crippen LogP contribution >= 0.6 is 11.3 Å². The van der Waals surface area contributed by atoms with Gasteiger partial charge in [-0.25, -0.2) is 4.79 Å². The van der Waals surface area contributed by atoms with Crippen LogP contribution in [0, 0.1) is 0 Å². The van der Waals surface area contributed by atoms with Gasteiger partial charge in [-0.15, -0.1) is 11.3 Å². The van der Waals surface area contributed by atoms with Gasteiger partial charge in [-0.05, 0) is 37.4 Å². The summed E-state index contributed by atoms with van der Waals surface area (Å²) in [6.07, 6.45) is 2.16. The average Bonchev–Trinajstić information content (AvgIpc) is 3.35. The van der Waals surface area contributed by atoms with E-state index < -0.39 is 6.03 Å². The number of ether oxygens (including phenoxy) is 2. The van der Waals surface area contributed by atoms with Crippen molar-refractivity contribution < 1.29 is 24.0 Å². The molecule has 0 saturated carbocycles. The minimum Gasteiger partial charge on any atom is -0.490 e. The number of benzene rings is 1. The van der Waals surface area contributed by atoms with E-state index in [1.165, 1.54) is 9.78 Å². The molecule has 7 nitrogen and oxygen atoms in total. The number of hydrogen-bond acceptors (Lipinski definition) is 5. The fourth-order valence-corrected chi connectivity index (χ4v) is 4.54. The number of urea groups is 1.